The van der Waals surface area contributed by atoms with Crippen LogP contribution in [0.5, 0.6) is 0 Å². The normalized spacial score (nSPS) is 12.4. The molecule has 0 aliphatic carbocycles. The van der Waals surface area contributed by atoms with Gasteiger partial charge < -0.3 is 15.6 Å². The van der Waals surface area contributed by atoms with Crippen molar-refractivity contribution in [3.63, 3.8) is 0 Å². The molecule has 1 aromatic carbocycles. The molecule has 0 aliphatic heterocycles. The Morgan fingerprint density at radius 2 is 2.00 bits per heavy atom. The van der Waals surface area contributed by atoms with E-state index in [0.29, 0.717) is 6.54 Å². The van der Waals surface area contributed by atoms with Crippen molar-refractivity contribution in [3.05, 3.63) is 29.8 Å². The molecule has 0 bridgehead atoms. The molecule has 0 aromatic heterocycles. The number of hydrogen-bond acceptors (Lipinski definition) is 3. The number of anilines is 1. The molecule has 14 heavy (non-hydrogen) atoms. The van der Waals surface area contributed by atoms with Crippen LogP contribution in [0.1, 0.15) is 5.56 Å². The van der Waals surface area contributed by atoms with Crippen LogP contribution in [0.15, 0.2) is 24.3 Å². The van der Waals surface area contributed by atoms with E-state index in [1.807, 2.05) is 24.3 Å². The minimum atomic E-state index is -1.81. The molecular weight excluding hydrogens is 200 g/mol. The van der Waals surface area contributed by atoms with Crippen LogP contribution in [0.2, 0.25) is 0 Å². The summed E-state index contributed by atoms with van der Waals surface area (Å²) < 4.78 is 18.9. The number of nitrogens with one attached hydrogen (secondary N) is 1. The number of rotatable bonds is 5. The minimum Gasteiger partial charge on any atom is -0.372 e. The fraction of sp³-hybridized carbons (Fsp3) is 0.333. The highest BCUT2D eigenvalue weighted by Crippen LogP contribution is 2.09. The van der Waals surface area contributed by atoms with Gasteiger partial charge in [0.2, 0.25) is 0 Å². The zero-order chi connectivity index (χ0) is 10.4. The topological polar surface area (TPSA) is 75.3 Å². The van der Waals surface area contributed by atoms with Gasteiger partial charge in [0, 0.05) is 5.69 Å². The van der Waals surface area contributed by atoms with Gasteiger partial charge in [-0.25, -0.2) is 4.21 Å². The number of benzene rings is 1. The second-order valence-electron chi connectivity index (χ2n) is 2.88. The van der Waals surface area contributed by atoms with Gasteiger partial charge in [-0.2, -0.15) is 0 Å². The van der Waals surface area contributed by atoms with E-state index in [1.165, 1.54) is 5.56 Å². The largest absolute Gasteiger partial charge is 0.372 e. The molecule has 4 nitrogen and oxygen atoms in total. The van der Waals surface area contributed by atoms with E-state index in [4.69, 9.17) is 10.3 Å². The Balaban J connectivity index is 2.50. The van der Waals surface area contributed by atoms with Crippen LogP contribution in [0.4, 0.5) is 5.69 Å². The Bertz CT molecular complexity index is 300. The summed E-state index contributed by atoms with van der Waals surface area (Å²) >= 11 is -1.81. The molecule has 1 unspecified atom stereocenters. The molecule has 1 atom stereocenters. The van der Waals surface area contributed by atoms with Crippen LogP contribution in [-0.2, 0) is 17.5 Å². The van der Waals surface area contributed by atoms with Crippen molar-refractivity contribution in [2.75, 3.05) is 17.7 Å². The van der Waals surface area contributed by atoms with Crippen LogP contribution in [0, 0.1) is 0 Å². The first-order valence-electron chi connectivity index (χ1n) is 4.32. The zero-order valence-corrected chi connectivity index (χ0v) is 8.59. The van der Waals surface area contributed by atoms with Gasteiger partial charge in [0.25, 0.3) is 0 Å². The standard InChI is InChI=1S/C9H14N2O2S/c10-6-5-8-1-3-9(4-2-8)11-7-14(12)13/h1-4,11H,5-7,10H2,(H,12,13). The zero-order valence-electron chi connectivity index (χ0n) is 7.77. The first-order chi connectivity index (χ1) is 6.72. The minimum absolute atomic E-state index is 0.0518. The summed E-state index contributed by atoms with van der Waals surface area (Å²) in [5.74, 6) is 0.0518. The van der Waals surface area contributed by atoms with Gasteiger partial charge in [-0.15, -0.1) is 0 Å². The smallest absolute Gasteiger partial charge is 0.172 e. The van der Waals surface area contributed by atoms with Gasteiger partial charge in [-0.05, 0) is 30.7 Å². The van der Waals surface area contributed by atoms with Crippen LogP contribution >= 0.6 is 0 Å². The highest BCUT2D eigenvalue weighted by Gasteiger charge is 1.95. The van der Waals surface area contributed by atoms with Crippen LogP contribution < -0.4 is 11.1 Å². The molecule has 0 amide bonds. The second kappa shape index (κ2) is 5.74. The Morgan fingerprint density at radius 1 is 1.36 bits per heavy atom. The summed E-state index contributed by atoms with van der Waals surface area (Å²) in [6.45, 7) is 0.632. The van der Waals surface area contributed by atoms with E-state index in [-0.39, 0.29) is 5.88 Å². The first kappa shape index (κ1) is 11.2. The van der Waals surface area contributed by atoms with Crippen LogP contribution in [0.3, 0.4) is 0 Å². The molecule has 0 radical (unpaired) electrons. The summed E-state index contributed by atoms with van der Waals surface area (Å²) in [6.07, 6.45) is 0.853. The monoisotopic (exact) mass is 214 g/mol. The summed E-state index contributed by atoms with van der Waals surface area (Å²) in [6, 6.07) is 7.65. The Labute approximate surface area is 85.8 Å². The molecule has 0 heterocycles. The van der Waals surface area contributed by atoms with Crippen LogP contribution in [-0.4, -0.2) is 21.2 Å². The number of hydrogen-bond donors (Lipinski definition) is 3. The third-order valence-corrected chi connectivity index (χ3v) is 2.18. The average molecular weight is 214 g/mol. The van der Waals surface area contributed by atoms with Crippen molar-refractivity contribution in [1.29, 1.82) is 0 Å². The van der Waals surface area contributed by atoms with Crippen LogP contribution in [0.25, 0.3) is 0 Å². The SMILES string of the molecule is NCCc1ccc(NCS(=O)O)cc1. The highest BCUT2D eigenvalue weighted by molar-refractivity contribution is 7.79. The van der Waals surface area contributed by atoms with E-state index in [0.717, 1.165) is 12.1 Å². The molecule has 0 aliphatic rings. The molecule has 0 saturated carbocycles. The van der Waals surface area contributed by atoms with E-state index in [2.05, 4.69) is 5.32 Å². The lowest BCUT2D eigenvalue weighted by Crippen LogP contribution is -2.07. The molecular formula is C9H14N2O2S. The summed E-state index contributed by atoms with van der Waals surface area (Å²) in [4.78, 5) is 0. The Kier molecular flexibility index (Phi) is 4.58. The maximum absolute atomic E-state index is 10.4. The van der Waals surface area contributed by atoms with Crippen molar-refractivity contribution in [2.24, 2.45) is 5.73 Å². The van der Waals surface area contributed by atoms with Crippen molar-refractivity contribution in [2.45, 2.75) is 6.42 Å². The van der Waals surface area contributed by atoms with Crippen molar-refractivity contribution in [3.8, 4) is 0 Å². The molecule has 1 aromatic rings. The summed E-state index contributed by atoms with van der Waals surface area (Å²) in [5, 5.41) is 2.83. The van der Waals surface area contributed by atoms with Gasteiger partial charge in [0.15, 0.2) is 11.1 Å². The molecule has 5 heteroatoms. The molecule has 78 valence electrons. The lowest BCUT2D eigenvalue weighted by Gasteiger charge is -2.04. The van der Waals surface area contributed by atoms with Gasteiger partial charge >= 0.3 is 0 Å². The maximum atomic E-state index is 10.4. The van der Waals surface area contributed by atoms with Gasteiger partial charge in [-0.3, -0.25) is 0 Å². The van der Waals surface area contributed by atoms with Crippen molar-refractivity contribution < 1.29 is 8.76 Å². The van der Waals surface area contributed by atoms with Gasteiger partial charge in [0.05, 0.1) is 0 Å². The fourth-order valence-corrected chi connectivity index (χ4v) is 1.39. The summed E-state index contributed by atoms with van der Waals surface area (Å²) in [5.41, 5.74) is 7.42. The predicted octanol–water partition coefficient (Wildman–Crippen LogP) is 0.779. The third kappa shape index (κ3) is 3.87. The predicted molar refractivity (Wildman–Crippen MR) is 58.5 cm³/mol. The van der Waals surface area contributed by atoms with E-state index < -0.39 is 11.1 Å². The lowest BCUT2D eigenvalue weighted by molar-refractivity contribution is 0.566. The van der Waals surface area contributed by atoms with Crippen molar-refractivity contribution >= 4 is 16.8 Å². The molecule has 0 saturated heterocycles. The molecule has 4 N–H and O–H groups in total. The maximum Gasteiger partial charge on any atom is 0.172 e. The molecule has 0 spiro atoms. The average Bonchev–Trinajstić information content (AvgIpc) is 2.17. The van der Waals surface area contributed by atoms with Gasteiger partial charge in [0.1, 0.15) is 5.88 Å². The fourth-order valence-electron chi connectivity index (χ4n) is 1.10. The van der Waals surface area contributed by atoms with E-state index in [1.54, 1.807) is 0 Å². The van der Waals surface area contributed by atoms with Gasteiger partial charge in [-0.1, -0.05) is 12.1 Å². The van der Waals surface area contributed by atoms with E-state index >= 15 is 0 Å². The molecule has 1 rings (SSSR count). The Morgan fingerprint density at radius 3 is 2.50 bits per heavy atom. The molecule has 0 fully saturated rings. The second-order valence-corrected chi connectivity index (χ2v) is 3.81. The third-order valence-electron chi connectivity index (χ3n) is 1.79. The number of nitrogens with two attached hydrogens (primary N) is 1. The summed E-state index contributed by atoms with van der Waals surface area (Å²) in [7, 11) is 0. The van der Waals surface area contributed by atoms with E-state index in [9.17, 15) is 4.21 Å². The Hall–Kier alpha value is -0.910. The first-order valence-corrected chi connectivity index (χ1v) is 5.60. The highest BCUT2D eigenvalue weighted by atomic mass is 32.2. The van der Waals surface area contributed by atoms with Crippen molar-refractivity contribution in [1.82, 2.24) is 0 Å². The quantitative estimate of drug-likeness (QED) is 0.633. The lowest BCUT2D eigenvalue weighted by atomic mass is 10.1.